The lowest BCUT2D eigenvalue weighted by atomic mass is 9.72. The maximum absolute atomic E-state index is 15.5. The number of piperazine rings is 1. The van der Waals surface area contributed by atoms with Gasteiger partial charge in [0.2, 0.25) is 17.7 Å². The summed E-state index contributed by atoms with van der Waals surface area (Å²) >= 11 is 6.80. The molecule has 2 N–H and O–H groups in total. The van der Waals surface area contributed by atoms with Gasteiger partial charge in [-0.15, -0.1) is 0 Å². The number of nitrogens with zero attached hydrogens (tertiary/aromatic N) is 6. The second-order valence-electron chi connectivity index (χ2n) is 17.0. The molecule has 7 aliphatic rings. The number of carbonyl (C=O) groups excluding carboxylic acids is 5. The van der Waals surface area contributed by atoms with Crippen molar-refractivity contribution >= 4 is 58.3 Å². The third-order valence-electron chi connectivity index (χ3n) is 13.7. The van der Waals surface area contributed by atoms with Crippen molar-refractivity contribution in [2.24, 2.45) is 11.3 Å². The highest BCUT2D eigenvalue weighted by atomic mass is 35.5. The number of anilines is 3. The van der Waals surface area contributed by atoms with Crippen molar-refractivity contribution in [1.29, 1.82) is 0 Å². The third kappa shape index (κ3) is 6.01. The number of nitrogens with one attached hydrogen (secondary N) is 2. The Kier molecular flexibility index (Phi) is 8.69. The molecule has 2 atom stereocenters. The van der Waals surface area contributed by atoms with Crippen LogP contribution < -0.4 is 20.4 Å². The summed E-state index contributed by atoms with van der Waals surface area (Å²) in [4.78, 5) is 78.1. The molecule has 57 heavy (non-hydrogen) atoms. The molecule has 296 valence electrons. The Bertz CT molecular complexity index is 2230. The minimum Gasteiger partial charge on any atom is -0.369 e. The number of pyridine rings is 1. The molecule has 3 aromatic rings. The molecule has 5 fully saturated rings. The van der Waals surface area contributed by atoms with Crippen LogP contribution in [0.25, 0.3) is 0 Å². The highest BCUT2D eigenvalue weighted by Gasteiger charge is 2.53. The van der Waals surface area contributed by atoms with E-state index in [0.29, 0.717) is 32.1 Å². The molecule has 1 saturated carbocycles. The Labute approximate surface area is 334 Å². The van der Waals surface area contributed by atoms with E-state index in [0.717, 1.165) is 98.0 Å². The SMILES string of the molecule is O=C1CCC(N2C(=O)c3cc(F)c(N4CCC5(CC4)CN(CCN4CCN(c6cccc(C7(C8CC8)CNc8nccc(Cl)c87)c6)C(=O)C4)C5)cc3C2=O)C(=O)N1. The minimum absolute atomic E-state index is 0.0217. The Morgan fingerprint density at radius 3 is 2.37 bits per heavy atom. The summed E-state index contributed by atoms with van der Waals surface area (Å²) in [6, 6.07) is 11.8. The van der Waals surface area contributed by atoms with Crippen molar-refractivity contribution in [2.75, 3.05) is 80.6 Å². The summed E-state index contributed by atoms with van der Waals surface area (Å²) in [5, 5.41) is 6.43. The lowest BCUT2D eigenvalue weighted by Gasteiger charge is -2.55. The van der Waals surface area contributed by atoms with Crippen LogP contribution in [-0.2, 0) is 19.8 Å². The van der Waals surface area contributed by atoms with Gasteiger partial charge in [0, 0.05) is 93.2 Å². The van der Waals surface area contributed by atoms with Gasteiger partial charge in [0.05, 0.1) is 23.4 Å². The molecule has 1 spiro atoms. The smallest absolute Gasteiger partial charge is 0.262 e. The summed E-state index contributed by atoms with van der Waals surface area (Å²) in [6.07, 6.45) is 5.84. The highest BCUT2D eigenvalue weighted by Crippen LogP contribution is 2.57. The normalized spacial score (nSPS) is 26.1. The summed E-state index contributed by atoms with van der Waals surface area (Å²) < 4.78 is 15.5. The molecular weight excluding hydrogens is 751 g/mol. The number of halogens is 2. The average molecular weight is 795 g/mol. The number of benzene rings is 2. The topological polar surface area (TPSA) is 138 Å². The highest BCUT2D eigenvalue weighted by molar-refractivity contribution is 6.32. The molecular formula is C42H44ClFN8O5. The number of amides is 5. The summed E-state index contributed by atoms with van der Waals surface area (Å²) in [7, 11) is 0. The van der Waals surface area contributed by atoms with Gasteiger partial charge in [-0.1, -0.05) is 23.7 Å². The van der Waals surface area contributed by atoms with E-state index in [4.69, 9.17) is 11.6 Å². The van der Waals surface area contributed by atoms with E-state index in [9.17, 15) is 24.0 Å². The average Bonchev–Trinajstić information content (AvgIpc) is 3.92. The van der Waals surface area contributed by atoms with E-state index < -0.39 is 35.5 Å². The monoisotopic (exact) mass is 794 g/mol. The number of hydrogen-bond donors (Lipinski definition) is 2. The van der Waals surface area contributed by atoms with Crippen molar-refractivity contribution in [3.05, 3.63) is 81.8 Å². The van der Waals surface area contributed by atoms with Gasteiger partial charge in [-0.25, -0.2) is 9.37 Å². The van der Waals surface area contributed by atoms with E-state index in [-0.39, 0.29) is 46.4 Å². The lowest BCUT2D eigenvalue weighted by molar-refractivity contribution is -0.136. The van der Waals surface area contributed by atoms with Crippen molar-refractivity contribution in [2.45, 2.75) is 50.0 Å². The van der Waals surface area contributed by atoms with Crippen LogP contribution in [-0.4, -0.2) is 121 Å². The largest absolute Gasteiger partial charge is 0.369 e. The van der Waals surface area contributed by atoms with E-state index in [1.165, 1.54) is 11.6 Å². The molecule has 2 aromatic carbocycles. The van der Waals surface area contributed by atoms with Crippen LogP contribution in [0.15, 0.2) is 48.7 Å². The summed E-state index contributed by atoms with van der Waals surface area (Å²) in [6.45, 7) is 7.36. The first-order chi connectivity index (χ1) is 27.5. The van der Waals surface area contributed by atoms with Crippen molar-refractivity contribution in [3.63, 3.8) is 0 Å². The fourth-order valence-corrected chi connectivity index (χ4v) is 10.8. The first-order valence-electron chi connectivity index (χ1n) is 20.1. The van der Waals surface area contributed by atoms with Gasteiger partial charge >= 0.3 is 0 Å². The number of carbonyl (C=O) groups is 5. The molecule has 7 heterocycles. The zero-order chi connectivity index (χ0) is 39.2. The molecule has 0 radical (unpaired) electrons. The summed E-state index contributed by atoms with van der Waals surface area (Å²) in [5.41, 5.74) is 3.39. The van der Waals surface area contributed by atoms with E-state index in [2.05, 4.69) is 43.6 Å². The molecule has 1 aromatic heterocycles. The van der Waals surface area contributed by atoms with Crippen molar-refractivity contribution < 1.29 is 28.4 Å². The number of rotatable bonds is 8. The standard InChI is InChI=1S/C42H44ClFN8O5/c43-30-8-11-45-37-36(30)42(22-46-37,25-4-5-25)26-2-1-3-27(18-26)51-17-16-48(21-35(51)54)14-15-49-23-41(24-49)9-12-50(13-10-41)33-20-29-28(19-31(33)44)39(56)52(40(29)57)32-6-7-34(53)47-38(32)55/h1-3,8,11,18-20,25,32H,4-7,9-10,12-17,21-24H2,(H,45,46)(H,47,53,55). The van der Waals surface area contributed by atoms with Crippen LogP contribution in [0.1, 0.15) is 70.4 Å². The molecule has 5 amide bonds. The summed E-state index contributed by atoms with van der Waals surface area (Å²) in [5.74, 6) is -1.62. The fourth-order valence-electron chi connectivity index (χ4n) is 10.5. The first kappa shape index (κ1) is 36.4. The van der Waals surface area contributed by atoms with Crippen LogP contribution in [0, 0.1) is 17.2 Å². The second-order valence-corrected chi connectivity index (χ2v) is 17.4. The molecule has 13 nitrogen and oxygen atoms in total. The Morgan fingerprint density at radius 2 is 1.63 bits per heavy atom. The minimum atomic E-state index is -1.09. The van der Waals surface area contributed by atoms with E-state index >= 15 is 4.39 Å². The van der Waals surface area contributed by atoms with Gasteiger partial charge in [0.15, 0.2) is 0 Å². The van der Waals surface area contributed by atoms with Crippen molar-refractivity contribution in [1.82, 2.24) is 25.0 Å². The fraction of sp³-hybridized carbons (Fsp3) is 0.476. The second kappa shape index (κ2) is 13.6. The third-order valence-corrected chi connectivity index (χ3v) is 14.0. The molecule has 2 unspecified atom stereocenters. The number of imide groups is 2. The Morgan fingerprint density at radius 1 is 0.877 bits per heavy atom. The number of fused-ring (bicyclic) bond motifs is 2. The number of aromatic nitrogens is 1. The van der Waals surface area contributed by atoms with Gasteiger partial charge in [-0.3, -0.25) is 39.1 Å². The number of hydrogen-bond acceptors (Lipinski definition) is 10. The quantitative estimate of drug-likeness (QED) is 0.325. The van der Waals surface area contributed by atoms with E-state index in [1.54, 1.807) is 6.20 Å². The van der Waals surface area contributed by atoms with Gasteiger partial charge in [-0.05, 0) is 79.3 Å². The zero-order valence-corrected chi connectivity index (χ0v) is 32.3. The maximum Gasteiger partial charge on any atom is 0.262 e. The van der Waals surface area contributed by atoms with Crippen LogP contribution in [0.4, 0.5) is 21.6 Å². The lowest BCUT2D eigenvalue weighted by Crippen LogP contribution is -2.62. The number of likely N-dealkylation sites (tertiary alicyclic amines) is 1. The predicted molar refractivity (Wildman–Crippen MR) is 210 cm³/mol. The Balaban J connectivity index is 0.722. The first-order valence-corrected chi connectivity index (χ1v) is 20.5. The molecule has 15 heteroatoms. The van der Waals surface area contributed by atoms with Gasteiger partial charge in [0.1, 0.15) is 17.7 Å². The predicted octanol–water partition coefficient (Wildman–Crippen LogP) is 3.65. The van der Waals surface area contributed by atoms with Crippen molar-refractivity contribution in [3.8, 4) is 0 Å². The van der Waals surface area contributed by atoms with Crippen LogP contribution >= 0.6 is 11.6 Å². The van der Waals surface area contributed by atoms with Gasteiger partial charge in [0.25, 0.3) is 11.8 Å². The van der Waals surface area contributed by atoms with Crippen LogP contribution in [0.2, 0.25) is 5.02 Å². The maximum atomic E-state index is 15.5. The van der Waals surface area contributed by atoms with Gasteiger partial charge in [-0.2, -0.15) is 0 Å². The zero-order valence-electron chi connectivity index (χ0n) is 31.6. The van der Waals surface area contributed by atoms with Crippen LogP contribution in [0.5, 0.6) is 0 Å². The van der Waals surface area contributed by atoms with Gasteiger partial charge < -0.3 is 20.0 Å². The Hall–Kier alpha value is -4.92. The molecule has 1 aliphatic carbocycles. The molecule has 6 aliphatic heterocycles. The van der Waals surface area contributed by atoms with Crippen LogP contribution in [0.3, 0.4) is 0 Å². The molecule has 10 rings (SSSR count). The molecule has 4 saturated heterocycles. The number of piperidine rings is 2. The van der Waals surface area contributed by atoms with E-state index in [1.807, 2.05) is 21.9 Å². The molecule has 0 bridgehead atoms.